The van der Waals surface area contributed by atoms with Crippen LogP contribution >= 0.6 is 0 Å². The molecule has 28 heavy (non-hydrogen) atoms. The van der Waals surface area contributed by atoms with Crippen LogP contribution in [0, 0.1) is 6.92 Å². The van der Waals surface area contributed by atoms with E-state index in [-0.39, 0.29) is 22.8 Å². The summed E-state index contributed by atoms with van der Waals surface area (Å²) >= 11 is 0. The van der Waals surface area contributed by atoms with Gasteiger partial charge in [-0.1, -0.05) is 17.7 Å². The average molecular weight is 446 g/mol. The van der Waals surface area contributed by atoms with Crippen LogP contribution in [0.15, 0.2) is 29.2 Å². The van der Waals surface area contributed by atoms with Gasteiger partial charge >= 0.3 is 17.4 Å². The number of carbonyl (C=O) groups excluding carboxylic acids is 2. The topological polar surface area (TPSA) is 110 Å². The van der Waals surface area contributed by atoms with Crippen molar-refractivity contribution in [2.75, 3.05) is 25.7 Å². The first-order chi connectivity index (χ1) is 12.8. The van der Waals surface area contributed by atoms with Gasteiger partial charge in [-0.15, -0.1) is 0 Å². The maximum absolute atomic E-state index is 11.3. The van der Waals surface area contributed by atoms with E-state index in [2.05, 4.69) is 21.6 Å². The van der Waals surface area contributed by atoms with Gasteiger partial charge in [-0.2, -0.15) is 13.2 Å². The minimum atomic E-state index is -6.09. The van der Waals surface area contributed by atoms with E-state index in [4.69, 9.17) is 13.0 Å². The number of methoxy groups -OCH3 is 2. The largest absolute Gasteiger partial charge is 0.741 e. The Kier molecular flexibility index (Phi) is 11.2. The molecule has 1 aromatic carbocycles. The lowest BCUT2D eigenvalue weighted by Gasteiger charge is -2.08. The van der Waals surface area contributed by atoms with Crippen LogP contribution in [0.4, 0.5) is 13.2 Å². The molecule has 0 bridgehead atoms. The van der Waals surface area contributed by atoms with Crippen molar-refractivity contribution in [3.63, 3.8) is 0 Å². The lowest BCUT2D eigenvalue weighted by molar-refractivity contribution is -0.140. The van der Waals surface area contributed by atoms with Gasteiger partial charge in [0.1, 0.15) is 11.5 Å². The minimum absolute atomic E-state index is 0.142. The summed E-state index contributed by atoms with van der Waals surface area (Å²) in [7, 11) is -3.45. The molecule has 0 atom stereocenters. The lowest BCUT2D eigenvalue weighted by atomic mass is 10.2. The summed E-state index contributed by atoms with van der Waals surface area (Å²) in [6, 6.07) is 8.22. The molecule has 0 N–H and O–H groups in total. The van der Waals surface area contributed by atoms with Crippen LogP contribution in [0.25, 0.3) is 0 Å². The zero-order valence-corrected chi connectivity index (χ0v) is 17.1. The van der Waals surface area contributed by atoms with E-state index in [9.17, 15) is 22.8 Å². The molecule has 0 aliphatic carbocycles. The molecule has 0 aromatic heterocycles. The summed E-state index contributed by atoms with van der Waals surface area (Å²) in [5, 5.41) is 0. The van der Waals surface area contributed by atoms with Gasteiger partial charge in [0.05, 0.1) is 27.1 Å². The fraction of sp³-hybridized carbons (Fsp3) is 0.500. The zero-order valence-electron chi connectivity index (χ0n) is 15.4. The summed E-state index contributed by atoms with van der Waals surface area (Å²) in [5.74, 6) is 0.972. The van der Waals surface area contributed by atoms with Gasteiger partial charge in [0.2, 0.25) is 0 Å². The van der Waals surface area contributed by atoms with Crippen molar-refractivity contribution in [2.45, 2.75) is 30.2 Å². The van der Waals surface area contributed by atoms with Crippen LogP contribution in [-0.2, 0) is 40.1 Å². The number of ether oxygens (including phenoxy) is 2. The molecule has 0 fully saturated rings. The smallest absolute Gasteiger partial charge is 0.485 e. The zero-order chi connectivity index (χ0) is 22.0. The van der Waals surface area contributed by atoms with Crippen molar-refractivity contribution in [1.82, 2.24) is 0 Å². The third kappa shape index (κ3) is 10.5. The number of alkyl halides is 3. The molecule has 0 saturated heterocycles. The fourth-order valence-electron chi connectivity index (χ4n) is 1.69. The number of aryl methyl sites for hydroxylation is 1. The standard InChI is InChI=1S/C15H21O4S.CHF3O3S/c1-12-4-6-13(7-5-12)20(10-8-14(16)18-2)11-9-15(17)19-3;2-1(3,4)8(5,6)7/h4-7H,8-11H2,1-3H3;(H,5,6,7)/q+1;/p-1. The Bertz CT molecular complexity index is 712. The van der Waals surface area contributed by atoms with Crippen LogP contribution in [0.3, 0.4) is 0 Å². The fourth-order valence-corrected chi connectivity index (χ4v) is 3.71. The molecule has 1 rings (SSSR count). The first-order valence-electron chi connectivity index (χ1n) is 7.71. The normalized spacial score (nSPS) is 11.4. The molecule has 0 radical (unpaired) electrons. The van der Waals surface area contributed by atoms with E-state index in [1.165, 1.54) is 24.7 Å². The number of esters is 2. The second kappa shape index (κ2) is 11.9. The highest BCUT2D eigenvalue weighted by molar-refractivity contribution is 7.96. The summed E-state index contributed by atoms with van der Waals surface area (Å²) < 4.78 is 68.3. The monoisotopic (exact) mass is 446 g/mol. The van der Waals surface area contributed by atoms with Crippen molar-refractivity contribution in [3.8, 4) is 0 Å². The average Bonchev–Trinajstić information content (AvgIpc) is 2.61. The molecule has 0 unspecified atom stereocenters. The molecular weight excluding hydrogens is 425 g/mol. The van der Waals surface area contributed by atoms with Gasteiger partial charge in [0, 0.05) is 10.9 Å². The Labute approximate surface area is 164 Å². The lowest BCUT2D eigenvalue weighted by Crippen LogP contribution is -2.21. The number of carbonyl (C=O) groups is 2. The molecule has 12 heteroatoms. The Hall–Kier alpha value is -1.79. The first kappa shape index (κ1) is 26.2. The molecule has 7 nitrogen and oxygen atoms in total. The quantitative estimate of drug-likeness (QED) is 0.273. The highest BCUT2D eigenvalue weighted by atomic mass is 32.2. The van der Waals surface area contributed by atoms with E-state index in [0.717, 1.165) is 0 Å². The van der Waals surface area contributed by atoms with Gasteiger partial charge in [-0.05, 0) is 19.1 Å². The van der Waals surface area contributed by atoms with Crippen molar-refractivity contribution in [3.05, 3.63) is 29.8 Å². The minimum Gasteiger partial charge on any atom is -0.741 e. The van der Waals surface area contributed by atoms with E-state index < -0.39 is 15.6 Å². The molecule has 160 valence electrons. The molecular formula is C16H21F3O7S2. The van der Waals surface area contributed by atoms with Crippen molar-refractivity contribution in [2.24, 2.45) is 0 Å². The Morgan fingerprint density at radius 1 is 1.00 bits per heavy atom. The van der Waals surface area contributed by atoms with Gasteiger partial charge in [0.15, 0.2) is 15.0 Å². The van der Waals surface area contributed by atoms with Gasteiger partial charge in [0.25, 0.3) is 0 Å². The molecule has 0 saturated carbocycles. The van der Waals surface area contributed by atoms with Crippen molar-refractivity contribution >= 4 is 33.0 Å². The van der Waals surface area contributed by atoms with E-state index in [1.807, 2.05) is 19.1 Å². The van der Waals surface area contributed by atoms with E-state index >= 15 is 0 Å². The summed E-state index contributed by atoms with van der Waals surface area (Å²) in [5.41, 5.74) is -4.45. The van der Waals surface area contributed by atoms with Crippen molar-refractivity contribution in [1.29, 1.82) is 0 Å². The summed E-state index contributed by atoms with van der Waals surface area (Å²) in [6.45, 7) is 2.03. The predicted molar refractivity (Wildman–Crippen MR) is 95.6 cm³/mol. The molecule has 0 aliphatic heterocycles. The molecule has 0 amide bonds. The van der Waals surface area contributed by atoms with Crippen LogP contribution in [0.1, 0.15) is 18.4 Å². The second-order valence-corrected chi connectivity index (χ2v) is 8.91. The van der Waals surface area contributed by atoms with E-state index in [1.54, 1.807) is 0 Å². The number of hydrogen-bond donors (Lipinski definition) is 0. The van der Waals surface area contributed by atoms with Gasteiger partial charge < -0.3 is 14.0 Å². The highest BCUT2D eigenvalue weighted by Crippen LogP contribution is 2.20. The van der Waals surface area contributed by atoms with Gasteiger partial charge in [-0.3, -0.25) is 9.59 Å². The molecule has 0 spiro atoms. The number of hydrogen-bond acceptors (Lipinski definition) is 7. The first-order valence-corrected chi connectivity index (χ1v) is 10.7. The van der Waals surface area contributed by atoms with Gasteiger partial charge in [-0.25, -0.2) is 8.42 Å². The van der Waals surface area contributed by atoms with Crippen LogP contribution < -0.4 is 0 Å². The van der Waals surface area contributed by atoms with Crippen LogP contribution in [0.5, 0.6) is 0 Å². The maximum atomic E-state index is 11.3. The molecule has 0 aliphatic rings. The Morgan fingerprint density at radius 2 is 1.36 bits per heavy atom. The van der Waals surface area contributed by atoms with Crippen LogP contribution in [-0.4, -0.2) is 56.1 Å². The summed E-state index contributed by atoms with van der Waals surface area (Å²) in [6.07, 6.45) is 0.739. The molecule has 0 heterocycles. The predicted octanol–water partition coefficient (Wildman–Crippen LogP) is 2.15. The third-order valence-electron chi connectivity index (χ3n) is 3.20. The number of halogens is 3. The van der Waals surface area contributed by atoms with E-state index in [0.29, 0.717) is 24.3 Å². The van der Waals surface area contributed by atoms with Crippen molar-refractivity contribution < 1.29 is 45.2 Å². The Balaban J connectivity index is 0.000000769. The maximum Gasteiger partial charge on any atom is 0.485 e. The Morgan fingerprint density at radius 3 is 1.64 bits per heavy atom. The molecule has 1 aromatic rings. The summed E-state index contributed by atoms with van der Waals surface area (Å²) in [4.78, 5) is 23.7. The number of benzene rings is 1. The SMILES string of the molecule is COC(=O)CC[S+](CCC(=O)OC)c1ccc(C)cc1.O=S(=O)([O-])C(F)(F)F. The highest BCUT2D eigenvalue weighted by Gasteiger charge is 2.36. The second-order valence-electron chi connectivity index (χ2n) is 5.27. The van der Waals surface area contributed by atoms with Crippen LogP contribution in [0.2, 0.25) is 0 Å². The number of rotatable bonds is 7. The third-order valence-corrected chi connectivity index (χ3v) is 6.10.